The molecule has 6 heteroatoms. The molecule has 1 N–H and O–H groups in total. The summed E-state index contributed by atoms with van der Waals surface area (Å²) in [4.78, 5) is 18.5. The van der Waals surface area contributed by atoms with Crippen molar-refractivity contribution in [1.82, 2.24) is 9.97 Å². The maximum absolute atomic E-state index is 13.1. The largest absolute Gasteiger partial charge is 0.481 e. The molecule has 2 aromatic rings. The summed E-state index contributed by atoms with van der Waals surface area (Å²) in [6.07, 6.45) is 1.56. The van der Waals surface area contributed by atoms with Crippen LogP contribution in [-0.4, -0.2) is 21.0 Å². The van der Waals surface area contributed by atoms with Gasteiger partial charge in [-0.15, -0.1) is 0 Å². The third-order valence-corrected chi connectivity index (χ3v) is 2.48. The molecule has 0 spiro atoms. The van der Waals surface area contributed by atoms with E-state index in [4.69, 9.17) is 5.11 Å². The predicted octanol–water partition coefficient (Wildman–Crippen LogP) is 2.44. The van der Waals surface area contributed by atoms with Crippen molar-refractivity contribution in [1.29, 1.82) is 0 Å². The van der Waals surface area contributed by atoms with Gasteiger partial charge in [-0.3, -0.25) is 4.79 Å². The van der Waals surface area contributed by atoms with Crippen molar-refractivity contribution in [2.75, 3.05) is 0 Å². The van der Waals surface area contributed by atoms with E-state index in [1.807, 2.05) is 0 Å². The summed E-state index contributed by atoms with van der Waals surface area (Å²) in [6.45, 7) is 0. The lowest BCUT2D eigenvalue weighted by Gasteiger charge is -2.03. The molecular formula is C13H10F2N2O2. The third-order valence-electron chi connectivity index (χ3n) is 2.48. The highest BCUT2D eigenvalue weighted by atomic mass is 19.2. The molecule has 0 saturated heterocycles. The first-order valence-corrected chi connectivity index (χ1v) is 5.55. The number of aliphatic carboxylic acids is 1. The molecule has 1 aromatic heterocycles. The lowest BCUT2D eigenvalue weighted by Crippen LogP contribution is -2.02. The Bertz CT molecular complexity index is 617. The fourth-order valence-corrected chi connectivity index (χ4v) is 1.55. The highest BCUT2D eigenvalue weighted by molar-refractivity contribution is 5.67. The van der Waals surface area contributed by atoms with Gasteiger partial charge >= 0.3 is 5.97 Å². The molecule has 4 nitrogen and oxygen atoms in total. The summed E-state index contributed by atoms with van der Waals surface area (Å²) >= 11 is 0. The number of aryl methyl sites for hydroxylation is 1. The van der Waals surface area contributed by atoms with Crippen molar-refractivity contribution < 1.29 is 18.7 Å². The zero-order valence-corrected chi connectivity index (χ0v) is 9.81. The van der Waals surface area contributed by atoms with Crippen molar-refractivity contribution in [3.63, 3.8) is 0 Å². The lowest BCUT2D eigenvalue weighted by molar-refractivity contribution is -0.137. The number of benzene rings is 1. The van der Waals surface area contributed by atoms with E-state index >= 15 is 0 Å². The summed E-state index contributed by atoms with van der Waals surface area (Å²) in [5, 5.41) is 8.58. The Labute approximate surface area is 107 Å². The van der Waals surface area contributed by atoms with E-state index in [9.17, 15) is 13.6 Å². The molecule has 2 rings (SSSR count). The van der Waals surface area contributed by atoms with Gasteiger partial charge in [0.25, 0.3) is 0 Å². The average Bonchev–Trinajstić information content (AvgIpc) is 2.40. The number of carboxylic acid groups (broad SMARTS) is 1. The van der Waals surface area contributed by atoms with Crippen LogP contribution < -0.4 is 0 Å². The predicted molar refractivity (Wildman–Crippen MR) is 63.3 cm³/mol. The molecule has 1 heterocycles. The van der Waals surface area contributed by atoms with Crippen LogP contribution in [0.2, 0.25) is 0 Å². The molecule has 98 valence electrons. The Morgan fingerprint density at radius 2 is 2.00 bits per heavy atom. The van der Waals surface area contributed by atoms with Crippen LogP contribution in [0, 0.1) is 11.6 Å². The van der Waals surface area contributed by atoms with Gasteiger partial charge in [0.05, 0.1) is 12.1 Å². The molecule has 0 fully saturated rings. The van der Waals surface area contributed by atoms with Gasteiger partial charge in [0.15, 0.2) is 11.6 Å². The van der Waals surface area contributed by atoms with Gasteiger partial charge in [-0.2, -0.15) is 0 Å². The van der Waals surface area contributed by atoms with Crippen LogP contribution in [0.1, 0.15) is 12.2 Å². The topological polar surface area (TPSA) is 63.1 Å². The smallest absolute Gasteiger partial charge is 0.303 e. The van der Waals surface area contributed by atoms with Crippen molar-refractivity contribution in [2.45, 2.75) is 12.8 Å². The van der Waals surface area contributed by atoms with E-state index in [1.54, 1.807) is 6.07 Å². The SMILES string of the molecule is O=C(O)CCc1nccc(-c2ccc(F)c(F)c2)n1. The van der Waals surface area contributed by atoms with Crippen LogP contribution in [0.15, 0.2) is 30.5 Å². The second-order valence-corrected chi connectivity index (χ2v) is 3.88. The third kappa shape index (κ3) is 3.31. The van der Waals surface area contributed by atoms with E-state index in [0.29, 0.717) is 17.1 Å². The summed E-state index contributed by atoms with van der Waals surface area (Å²) in [7, 11) is 0. The summed E-state index contributed by atoms with van der Waals surface area (Å²) < 4.78 is 26.0. The zero-order chi connectivity index (χ0) is 13.8. The highest BCUT2D eigenvalue weighted by Gasteiger charge is 2.07. The Morgan fingerprint density at radius 3 is 2.68 bits per heavy atom. The minimum atomic E-state index is -0.955. The van der Waals surface area contributed by atoms with Crippen molar-refractivity contribution >= 4 is 5.97 Å². The number of hydrogen-bond acceptors (Lipinski definition) is 3. The van der Waals surface area contributed by atoms with Gasteiger partial charge in [0.2, 0.25) is 0 Å². The van der Waals surface area contributed by atoms with E-state index in [2.05, 4.69) is 9.97 Å². The second kappa shape index (κ2) is 5.51. The van der Waals surface area contributed by atoms with Gasteiger partial charge in [-0.05, 0) is 24.3 Å². The van der Waals surface area contributed by atoms with E-state index < -0.39 is 17.6 Å². The summed E-state index contributed by atoms with van der Waals surface area (Å²) in [5.74, 6) is -2.47. The Morgan fingerprint density at radius 1 is 1.21 bits per heavy atom. The standard InChI is InChI=1S/C13H10F2N2O2/c14-9-2-1-8(7-10(9)15)11-5-6-16-12(17-11)3-4-13(18)19/h1-2,5-7H,3-4H2,(H,18,19). The van der Waals surface area contributed by atoms with Crippen LogP contribution in [0.25, 0.3) is 11.3 Å². The Kier molecular flexibility index (Phi) is 3.79. The molecule has 0 amide bonds. The van der Waals surface area contributed by atoms with Crippen LogP contribution >= 0.6 is 0 Å². The lowest BCUT2D eigenvalue weighted by atomic mass is 10.1. The average molecular weight is 264 g/mol. The van der Waals surface area contributed by atoms with Crippen molar-refractivity contribution in [2.24, 2.45) is 0 Å². The molecule has 0 atom stereocenters. The quantitative estimate of drug-likeness (QED) is 0.921. The number of halogens is 2. The van der Waals surface area contributed by atoms with E-state index in [1.165, 1.54) is 12.3 Å². The zero-order valence-electron chi connectivity index (χ0n) is 9.81. The van der Waals surface area contributed by atoms with Gasteiger partial charge in [0.1, 0.15) is 5.82 Å². The molecule has 1 aromatic carbocycles. The number of carbonyl (C=O) groups is 1. The molecular weight excluding hydrogens is 254 g/mol. The fraction of sp³-hybridized carbons (Fsp3) is 0.154. The van der Waals surface area contributed by atoms with Crippen molar-refractivity contribution in [3.05, 3.63) is 47.9 Å². The normalized spacial score (nSPS) is 10.4. The first kappa shape index (κ1) is 13.1. The highest BCUT2D eigenvalue weighted by Crippen LogP contribution is 2.19. The number of aromatic nitrogens is 2. The minimum absolute atomic E-state index is 0.0821. The summed E-state index contributed by atoms with van der Waals surface area (Å²) in [5.41, 5.74) is 0.840. The molecule has 0 radical (unpaired) electrons. The maximum atomic E-state index is 13.1. The van der Waals surface area contributed by atoms with Crippen LogP contribution in [0.3, 0.4) is 0 Å². The minimum Gasteiger partial charge on any atom is -0.481 e. The fourth-order valence-electron chi connectivity index (χ4n) is 1.55. The first-order chi connectivity index (χ1) is 9.06. The number of nitrogens with zero attached hydrogens (tertiary/aromatic N) is 2. The van der Waals surface area contributed by atoms with Crippen molar-refractivity contribution in [3.8, 4) is 11.3 Å². The molecule has 0 aliphatic heterocycles. The molecule has 19 heavy (non-hydrogen) atoms. The molecule has 0 saturated carbocycles. The van der Waals surface area contributed by atoms with Crippen LogP contribution in [0.4, 0.5) is 8.78 Å². The number of hydrogen-bond donors (Lipinski definition) is 1. The Balaban J connectivity index is 2.27. The summed E-state index contributed by atoms with van der Waals surface area (Å²) in [6, 6.07) is 5.01. The van der Waals surface area contributed by atoms with Gasteiger partial charge in [-0.1, -0.05) is 0 Å². The molecule has 0 aliphatic carbocycles. The first-order valence-electron chi connectivity index (χ1n) is 5.55. The van der Waals surface area contributed by atoms with Gasteiger partial charge in [-0.25, -0.2) is 18.7 Å². The molecule has 0 aliphatic rings. The second-order valence-electron chi connectivity index (χ2n) is 3.88. The van der Waals surface area contributed by atoms with Crippen LogP contribution in [-0.2, 0) is 11.2 Å². The number of rotatable bonds is 4. The maximum Gasteiger partial charge on any atom is 0.303 e. The van der Waals surface area contributed by atoms with Gasteiger partial charge < -0.3 is 5.11 Å². The van der Waals surface area contributed by atoms with E-state index in [0.717, 1.165) is 12.1 Å². The molecule has 0 bridgehead atoms. The van der Waals surface area contributed by atoms with Gasteiger partial charge in [0, 0.05) is 18.2 Å². The monoisotopic (exact) mass is 264 g/mol. The van der Waals surface area contributed by atoms with Crippen LogP contribution in [0.5, 0.6) is 0 Å². The Hall–Kier alpha value is -2.37. The molecule has 0 unspecified atom stereocenters. The number of carboxylic acids is 1. The van der Waals surface area contributed by atoms with E-state index in [-0.39, 0.29) is 12.8 Å².